The van der Waals surface area contributed by atoms with Crippen LogP contribution in [0.3, 0.4) is 0 Å². The number of hydrogen-bond acceptors (Lipinski definition) is 5. The maximum atomic E-state index is 12.5. The number of benzene rings is 2. The Kier molecular flexibility index (Phi) is 6.33. The standard InChI is InChI=1S/C21H24N4O4/c1-15(26)22-17-7-9-19(10-8-17)24-11-13-25(14-12-24)21(28)23-18-5-3-16(4-6-18)20(27)29-2/h3-10H,11-14H2,1-2H3,(H,22,26)(H,23,28). The summed E-state index contributed by atoms with van der Waals surface area (Å²) in [6.45, 7) is 4.10. The van der Waals surface area contributed by atoms with Gasteiger partial charge in [-0.05, 0) is 48.5 Å². The van der Waals surface area contributed by atoms with Crippen molar-refractivity contribution in [2.45, 2.75) is 6.92 Å². The summed E-state index contributed by atoms with van der Waals surface area (Å²) >= 11 is 0. The van der Waals surface area contributed by atoms with Crippen molar-refractivity contribution in [1.29, 1.82) is 0 Å². The van der Waals surface area contributed by atoms with Gasteiger partial charge in [0.05, 0.1) is 12.7 Å². The molecule has 2 aromatic carbocycles. The summed E-state index contributed by atoms with van der Waals surface area (Å²) in [5.41, 5.74) is 2.87. The van der Waals surface area contributed by atoms with Crippen LogP contribution in [0.4, 0.5) is 21.9 Å². The van der Waals surface area contributed by atoms with Crippen LogP contribution in [0.5, 0.6) is 0 Å². The van der Waals surface area contributed by atoms with Crippen molar-refractivity contribution < 1.29 is 19.1 Å². The molecule has 152 valence electrons. The lowest BCUT2D eigenvalue weighted by molar-refractivity contribution is -0.114. The third-order valence-electron chi connectivity index (χ3n) is 4.68. The zero-order chi connectivity index (χ0) is 20.8. The van der Waals surface area contributed by atoms with Crippen LogP contribution in [0.1, 0.15) is 17.3 Å². The Morgan fingerprint density at radius 1 is 0.828 bits per heavy atom. The second kappa shape index (κ2) is 9.09. The SMILES string of the molecule is COC(=O)c1ccc(NC(=O)N2CCN(c3ccc(NC(C)=O)cc3)CC2)cc1. The molecule has 0 saturated carbocycles. The molecule has 0 atom stereocenters. The van der Waals surface area contributed by atoms with Crippen molar-refractivity contribution >= 4 is 35.0 Å². The zero-order valence-corrected chi connectivity index (χ0v) is 16.5. The van der Waals surface area contributed by atoms with Crippen molar-refractivity contribution in [1.82, 2.24) is 4.90 Å². The summed E-state index contributed by atoms with van der Waals surface area (Å²) in [7, 11) is 1.33. The summed E-state index contributed by atoms with van der Waals surface area (Å²) in [5.74, 6) is -0.513. The van der Waals surface area contributed by atoms with E-state index in [2.05, 4.69) is 20.3 Å². The molecule has 1 aliphatic heterocycles. The Hall–Kier alpha value is -3.55. The molecule has 29 heavy (non-hydrogen) atoms. The number of carbonyl (C=O) groups excluding carboxylic acids is 3. The van der Waals surface area contributed by atoms with E-state index in [4.69, 9.17) is 0 Å². The highest BCUT2D eigenvalue weighted by atomic mass is 16.5. The molecule has 3 amide bonds. The number of ether oxygens (including phenoxy) is 1. The van der Waals surface area contributed by atoms with Crippen LogP contribution < -0.4 is 15.5 Å². The van der Waals surface area contributed by atoms with Gasteiger partial charge in [-0.2, -0.15) is 0 Å². The molecule has 2 N–H and O–H groups in total. The fourth-order valence-corrected chi connectivity index (χ4v) is 3.14. The third kappa shape index (κ3) is 5.25. The van der Waals surface area contributed by atoms with Crippen molar-refractivity contribution in [3.63, 3.8) is 0 Å². The monoisotopic (exact) mass is 396 g/mol. The summed E-state index contributed by atoms with van der Waals surface area (Å²) in [6, 6.07) is 14.1. The summed E-state index contributed by atoms with van der Waals surface area (Å²) < 4.78 is 4.66. The number of hydrogen-bond donors (Lipinski definition) is 2. The minimum Gasteiger partial charge on any atom is -0.465 e. The number of amides is 3. The smallest absolute Gasteiger partial charge is 0.337 e. The van der Waals surface area contributed by atoms with Crippen LogP contribution in [0.2, 0.25) is 0 Å². The Morgan fingerprint density at radius 2 is 1.38 bits per heavy atom. The first-order valence-corrected chi connectivity index (χ1v) is 9.33. The number of anilines is 3. The first-order valence-electron chi connectivity index (χ1n) is 9.33. The van der Waals surface area contributed by atoms with E-state index in [0.29, 0.717) is 37.4 Å². The molecule has 0 aromatic heterocycles. The van der Waals surface area contributed by atoms with E-state index in [9.17, 15) is 14.4 Å². The van der Waals surface area contributed by atoms with E-state index in [1.165, 1.54) is 14.0 Å². The molecule has 1 heterocycles. The van der Waals surface area contributed by atoms with Gasteiger partial charge in [0.1, 0.15) is 0 Å². The number of nitrogens with one attached hydrogen (secondary N) is 2. The van der Waals surface area contributed by atoms with Crippen molar-refractivity contribution in [2.24, 2.45) is 0 Å². The van der Waals surface area contributed by atoms with Crippen molar-refractivity contribution in [2.75, 3.05) is 48.8 Å². The fourth-order valence-electron chi connectivity index (χ4n) is 3.14. The van der Waals surface area contributed by atoms with Gasteiger partial charge in [-0.25, -0.2) is 9.59 Å². The lowest BCUT2D eigenvalue weighted by Crippen LogP contribution is -2.50. The number of rotatable bonds is 4. The maximum Gasteiger partial charge on any atom is 0.337 e. The highest BCUT2D eigenvalue weighted by Gasteiger charge is 2.21. The van der Waals surface area contributed by atoms with E-state index in [0.717, 1.165) is 11.4 Å². The van der Waals surface area contributed by atoms with E-state index in [1.54, 1.807) is 29.2 Å². The zero-order valence-electron chi connectivity index (χ0n) is 16.5. The summed E-state index contributed by atoms with van der Waals surface area (Å²) in [5, 5.41) is 5.60. The van der Waals surface area contributed by atoms with Crippen LogP contribution >= 0.6 is 0 Å². The first-order chi connectivity index (χ1) is 14.0. The number of methoxy groups -OCH3 is 1. The van der Waals surface area contributed by atoms with E-state index in [-0.39, 0.29) is 11.9 Å². The largest absolute Gasteiger partial charge is 0.465 e. The Morgan fingerprint density at radius 3 is 1.93 bits per heavy atom. The van der Waals surface area contributed by atoms with Gasteiger partial charge in [-0.15, -0.1) is 0 Å². The second-order valence-corrected chi connectivity index (χ2v) is 6.70. The van der Waals surface area contributed by atoms with Gasteiger partial charge in [0.2, 0.25) is 5.91 Å². The number of urea groups is 1. The first kappa shape index (κ1) is 20.2. The molecule has 0 bridgehead atoms. The average molecular weight is 396 g/mol. The molecular formula is C21H24N4O4. The van der Waals surface area contributed by atoms with Crippen LogP contribution in [-0.4, -0.2) is 56.1 Å². The predicted molar refractivity (Wildman–Crippen MR) is 111 cm³/mol. The highest BCUT2D eigenvalue weighted by molar-refractivity contribution is 5.92. The molecule has 8 heteroatoms. The van der Waals surface area contributed by atoms with E-state index in [1.807, 2.05) is 24.3 Å². The second-order valence-electron chi connectivity index (χ2n) is 6.70. The highest BCUT2D eigenvalue weighted by Crippen LogP contribution is 2.20. The Labute approximate surface area is 169 Å². The van der Waals surface area contributed by atoms with Gasteiger partial charge in [-0.3, -0.25) is 4.79 Å². The number of carbonyl (C=O) groups is 3. The predicted octanol–water partition coefficient (Wildman–Crippen LogP) is 2.79. The van der Waals surface area contributed by atoms with Crippen LogP contribution in [0, 0.1) is 0 Å². The van der Waals surface area contributed by atoms with Gasteiger partial charge in [0, 0.05) is 50.2 Å². The van der Waals surface area contributed by atoms with Crippen LogP contribution in [0.15, 0.2) is 48.5 Å². The fraction of sp³-hybridized carbons (Fsp3) is 0.286. The van der Waals surface area contributed by atoms with Gasteiger partial charge in [0.25, 0.3) is 0 Å². The molecule has 1 fully saturated rings. The Balaban J connectivity index is 1.51. The van der Waals surface area contributed by atoms with Crippen LogP contribution in [0.25, 0.3) is 0 Å². The number of nitrogens with zero attached hydrogens (tertiary/aromatic N) is 2. The number of piperazine rings is 1. The van der Waals surface area contributed by atoms with E-state index >= 15 is 0 Å². The minimum absolute atomic E-state index is 0.0997. The van der Waals surface area contributed by atoms with Crippen LogP contribution in [-0.2, 0) is 9.53 Å². The molecule has 0 radical (unpaired) electrons. The molecule has 0 unspecified atom stereocenters. The van der Waals surface area contributed by atoms with E-state index < -0.39 is 5.97 Å². The number of esters is 1. The molecule has 1 saturated heterocycles. The molecule has 1 aliphatic rings. The molecule has 0 spiro atoms. The third-order valence-corrected chi connectivity index (χ3v) is 4.68. The quantitative estimate of drug-likeness (QED) is 0.776. The minimum atomic E-state index is -0.413. The Bertz CT molecular complexity index is 873. The van der Waals surface area contributed by atoms with Crippen molar-refractivity contribution in [3.05, 3.63) is 54.1 Å². The van der Waals surface area contributed by atoms with Gasteiger partial charge >= 0.3 is 12.0 Å². The lowest BCUT2D eigenvalue weighted by Gasteiger charge is -2.36. The van der Waals surface area contributed by atoms with Gasteiger partial charge < -0.3 is 25.2 Å². The van der Waals surface area contributed by atoms with Crippen molar-refractivity contribution in [3.8, 4) is 0 Å². The normalized spacial score (nSPS) is 13.6. The molecular weight excluding hydrogens is 372 g/mol. The average Bonchev–Trinajstić information content (AvgIpc) is 2.74. The van der Waals surface area contributed by atoms with Gasteiger partial charge in [0.15, 0.2) is 0 Å². The molecule has 3 rings (SSSR count). The maximum absolute atomic E-state index is 12.5. The topological polar surface area (TPSA) is 91.0 Å². The lowest BCUT2D eigenvalue weighted by atomic mass is 10.2. The summed E-state index contributed by atoms with van der Waals surface area (Å²) in [6.07, 6.45) is 0. The van der Waals surface area contributed by atoms with Gasteiger partial charge in [-0.1, -0.05) is 0 Å². The summed E-state index contributed by atoms with van der Waals surface area (Å²) in [4.78, 5) is 39.0. The molecule has 0 aliphatic carbocycles. The molecule has 8 nitrogen and oxygen atoms in total. The molecule has 2 aromatic rings.